The number of nitrogens with zero attached hydrogens (tertiary/aromatic N) is 1. The van der Waals surface area contributed by atoms with Crippen molar-refractivity contribution in [1.29, 1.82) is 0 Å². The van der Waals surface area contributed by atoms with Crippen LogP contribution in [0.3, 0.4) is 0 Å². The van der Waals surface area contributed by atoms with Crippen molar-refractivity contribution in [3.8, 4) is 5.75 Å². The molecule has 1 N–H and O–H groups in total. The molecular formula is C15H21NO3S. The minimum absolute atomic E-state index is 0.0274. The molecule has 5 heteroatoms. The van der Waals surface area contributed by atoms with E-state index in [9.17, 15) is 8.76 Å². The number of rotatable bonds is 6. The molecule has 0 saturated carbocycles. The highest BCUT2D eigenvalue weighted by atomic mass is 32.2. The number of hydrogen-bond acceptors (Lipinski definition) is 2. The van der Waals surface area contributed by atoms with E-state index in [2.05, 4.69) is 6.92 Å². The van der Waals surface area contributed by atoms with Crippen molar-refractivity contribution in [3.63, 3.8) is 0 Å². The Morgan fingerprint density at radius 1 is 1.40 bits per heavy atom. The Bertz CT molecular complexity index is 619. The monoisotopic (exact) mass is 295 g/mol. The highest BCUT2D eigenvalue weighted by molar-refractivity contribution is 7.79. The van der Waals surface area contributed by atoms with Gasteiger partial charge in [-0.2, -0.15) is 0 Å². The maximum Gasteiger partial charge on any atom is 0.188 e. The predicted octanol–water partition coefficient (Wildman–Crippen LogP) is 3.81. The second-order valence-electron chi connectivity index (χ2n) is 5.11. The van der Waals surface area contributed by atoms with Gasteiger partial charge in [-0.1, -0.05) is 19.4 Å². The van der Waals surface area contributed by atoms with Gasteiger partial charge in [-0.15, -0.1) is 0 Å². The molecule has 1 atom stereocenters. The lowest BCUT2D eigenvalue weighted by atomic mass is 10.2. The van der Waals surface area contributed by atoms with Gasteiger partial charge >= 0.3 is 0 Å². The molecule has 2 aromatic rings. The maximum absolute atomic E-state index is 11.6. The molecule has 2 rings (SSSR count). The van der Waals surface area contributed by atoms with Crippen LogP contribution in [0.1, 0.15) is 33.6 Å². The van der Waals surface area contributed by atoms with E-state index in [-0.39, 0.29) is 6.10 Å². The summed E-state index contributed by atoms with van der Waals surface area (Å²) in [5.74, 6) is 0.671. The van der Waals surface area contributed by atoms with Crippen molar-refractivity contribution in [3.05, 3.63) is 24.4 Å². The van der Waals surface area contributed by atoms with Gasteiger partial charge < -0.3 is 13.9 Å². The molecule has 0 fully saturated rings. The zero-order valence-corrected chi connectivity index (χ0v) is 12.9. The summed E-state index contributed by atoms with van der Waals surface area (Å²) < 4.78 is 28.9. The summed E-state index contributed by atoms with van der Waals surface area (Å²) in [5.41, 5.74) is 0.953. The summed E-state index contributed by atoms with van der Waals surface area (Å²) in [7, 11) is 0. The van der Waals surface area contributed by atoms with Crippen LogP contribution in [-0.4, -0.2) is 19.4 Å². The molecule has 1 unspecified atom stereocenters. The molecule has 0 amide bonds. The van der Waals surface area contributed by atoms with Gasteiger partial charge in [0.15, 0.2) is 11.1 Å². The molecule has 0 radical (unpaired) electrons. The average molecular weight is 295 g/mol. The van der Waals surface area contributed by atoms with Crippen molar-refractivity contribution in [1.82, 2.24) is 4.57 Å². The molecule has 0 aliphatic carbocycles. The molecule has 1 heterocycles. The predicted molar refractivity (Wildman–Crippen MR) is 81.6 cm³/mol. The number of aromatic nitrogens is 1. The third-order valence-corrected chi connectivity index (χ3v) is 3.82. The van der Waals surface area contributed by atoms with Crippen LogP contribution in [-0.2, 0) is 17.6 Å². The fourth-order valence-electron chi connectivity index (χ4n) is 2.28. The lowest BCUT2D eigenvalue weighted by Gasteiger charge is -2.12. The molecule has 0 saturated heterocycles. The average Bonchev–Trinajstić information content (AvgIpc) is 2.76. The van der Waals surface area contributed by atoms with E-state index in [0.717, 1.165) is 30.3 Å². The minimum atomic E-state index is -2.01. The van der Waals surface area contributed by atoms with Gasteiger partial charge in [0.1, 0.15) is 5.75 Å². The smallest absolute Gasteiger partial charge is 0.188 e. The van der Waals surface area contributed by atoms with Gasteiger partial charge in [0.05, 0.1) is 21.9 Å². The van der Waals surface area contributed by atoms with Crippen LogP contribution in [0.5, 0.6) is 5.75 Å². The van der Waals surface area contributed by atoms with E-state index in [1.165, 1.54) is 0 Å². The summed E-state index contributed by atoms with van der Waals surface area (Å²) in [6.07, 6.45) is 3.92. The van der Waals surface area contributed by atoms with Crippen molar-refractivity contribution in [2.45, 2.75) is 51.2 Å². The molecule has 0 aliphatic heterocycles. The Hall–Kier alpha value is -1.33. The van der Waals surface area contributed by atoms with Crippen LogP contribution in [0.25, 0.3) is 10.9 Å². The molecular weight excluding hydrogens is 274 g/mol. The maximum atomic E-state index is 11.6. The lowest BCUT2D eigenvalue weighted by Crippen LogP contribution is -2.06. The van der Waals surface area contributed by atoms with E-state index >= 15 is 0 Å². The van der Waals surface area contributed by atoms with E-state index in [4.69, 9.17) is 4.74 Å². The number of hydrogen-bond donors (Lipinski definition) is 1. The fraction of sp³-hybridized carbons (Fsp3) is 0.467. The fourth-order valence-corrected chi connectivity index (χ4v) is 2.88. The number of fused-ring (bicyclic) bond motifs is 1. The lowest BCUT2D eigenvalue weighted by molar-refractivity contribution is 0.245. The van der Waals surface area contributed by atoms with Gasteiger partial charge in [0.2, 0.25) is 0 Å². The first kappa shape index (κ1) is 15.1. The molecule has 110 valence electrons. The largest absolute Gasteiger partial charge is 0.490 e. The SMILES string of the molecule is CCCCn1cc(S(=O)O)c2c(OC(C)C)cccc21. The highest BCUT2D eigenvalue weighted by Gasteiger charge is 2.17. The number of benzene rings is 1. The van der Waals surface area contributed by atoms with Gasteiger partial charge in [-0.25, -0.2) is 4.21 Å². The second kappa shape index (κ2) is 6.41. The van der Waals surface area contributed by atoms with Crippen LogP contribution in [0.2, 0.25) is 0 Å². The van der Waals surface area contributed by atoms with Gasteiger partial charge in [0.25, 0.3) is 0 Å². The first-order valence-corrected chi connectivity index (χ1v) is 8.04. The van der Waals surface area contributed by atoms with Crippen molar-refractivity contribution >= 4 is 22.0 Å². The zero-order chi connectivity index (χ0) is 14.7. The molecule has 0 bridgehead atoms. The Labute approximate surface area is 122 Å². The Morgan fingerprint density at radius 3 is 2.75 bits per heavy atom. The third-order valence-electron chi connectivity index (χ3n) is 3.14. The van der Waals surface area contributed by atoms with Gasteiger partial charge in [-0.05, 0) is 32.4 Å². The zero-order valence-electron chi connectivity index (χ0n) is 12.1. The topological polar surface area (TPSA) is 51.5 Å². The van der Waals surface area contributed by atoms with Crippen molar-refractivity contribution in [2.24, 2.45) is 0 Å². The quantitative estimate of drug-likeness (QED) is 0.824. The Balaban J connectivity index is 2.59. The number of aryl methyl sites for hydroxylation is 1. The standard InChI is InChI=1S/C15H21NO3S/c1-4-5-9-16-10-14(20(17)18)15-12(16)7-6-8-13(15)19-11(2)3/h6-8,10-11H,4-5,9H2,1-3H3,(H,17,18). The first-order chi connectivity index (χ1) is 9.54. The first-order valence-electron chi connectivity index (χ1n) is 6.94. The molecule has 0 aliphatic rings. The minimum Gasteiger partial charge on any atom is -0.490 e. The molecule has 1 aromatic heterocycles. The molecule has 1 aromatic carbocycles. The van der Waals surface area contributed by atoms with Crippen molar-refractivity contribution in [2.75, 3.05) is 0 Å². The van der Waals surface area contributed by atoms with Crippen molar-refractivity contribution < 1.29 is 13.5 Å². The second-order valence-corrected chi connectivity index (χ2v) is 6.04. The Morgan fingerprint density at radius 2 is 2.15 bits per heavy atom. The third kappa shape index (κ3) is 3.04. The van der Waals surface area contributed by atoms with E-state index < -0.39 is 11.1 Å². The highest BCUT2D eigenvalue weighted by Crippen LogP contribution is 2.33. The number of ether oxygens (including phenoxy) is 1. The normalized spacial score (nSPS) is 13.1. The molecule has 0 spiro atoms. The van der Waals surface area contributed by atoms with Crippen LogP contribution < -0.4 is 4.74 Å². The van der Waals surface area contributed by atoms with Crippen LogP contribution in [0, 0.1) is 0 Å². The van der Waals surface area contributed by atoms with E-state index in [1.807, 2.05) is 36.6 Å². The molecule has 20 heavy (non-hydrogen) atoms. The van der Waals surface area contributed by atoms with Crippen LogP contribution in [0.4, 0.5) is 0 Å². The van der Waals surface area contributed by atoms with Crippen LogP contribution >= 0.6 is 0 Å². The number of unbranched alkanes of at least 4 members (excludes halogenated alkanes) is 1. The van der Waals surface area contributed by atoms with Gasteiger partial charge in [0, 0.05) is 12.7 Å². The van der Waals surface area contributed by atoms with E-state index in [0.29, 0.717) is 10.6 Å². The Kier molecular flexibility index (Phi) is 4.83. The van der Waals surface area contributed by atoms with E-state index in [1.54, 1.807) is 6.20 Å². The van der Waals surface area contributed by atoms with Gasteiger partial charge in [-0.3, -0.25) is 0 Å². The summed E-state index contributed by atoms with van der Waals surface area (Å²) >= 11 is -2.01. The molecule has 4 nitrogen and oxygen atoms in total. The summed E-state index contributed by atoms with van der Waals surface area (Å²) in [6.45, 7) is 6.87. The summed E-state index contributed by atoms with van der Waals surface area (Å²) in [5, 5.41) is 0.748. The summed E-state index contributed by atoms with van der Waals surface area (Å²) in [6, 6.07) is 5.74. The summed E-state index contributed by atoms with van der Waals surface area (Å²) in [4.78, 5) is 0.423. The van der Waals surface area contributed by atoms with Crippen LogP contribution in [0.15, 0.2) is 29.3 Å².